The van der Waals surface area contributed by atoms with Gasteiger partial charge in [0.1, 0.15) is 0 Å². The number of fused-ring (bicyclic) bond motifs is 1. The summed E-state index contributed by atoms with van der Waals surface area (Å²) < 4.78 is 0. The van der Waals surface area contributed by atoms with Crippen molar-refractivity contribution in [1.82, 2.24) is 4.90 Å². The maximum Gasteiger partial charge on any atom is 0.407 e. The van der Waals surface area contributed by atoms with E-state index in [0.29, 0.717) is 23.1 Å². The molecule has 0 saturated heterocycles. The fourth-order valence-corrected chi connectivity index (χ4v) is 1.90. The molecule has 1 N–H and O–H groups in total. The fourth-order valence-electron chi connectivity index (χ4n) is 1.53. The number of carboxylic acid groups (broad SMARTS) is 1. The maximum absolute atomic E-state index is 10.7. The van der Waals surface area contributed by atoms with E-state index >= 15 is 0 Å². The molecule has 0 saturated carbocycles. The highest BCUT2D eigenvalue weighted by Crippen LogP contribution is 2.31. The maximum atomic E-state index is 10.7. The predicted octanol–water partition coefficient (Wildman–Crippen LogP) is 2.99. The topological polar surface area (TPSA) is 40.5 Å². The van der Waals surface area contributed by atoms with Crippen LogP contribution in [0, 0.1) is 0 Å². The van der Waals surface area contributed by atoms with E-state index < -0.39 is 6.09 Å². The van der Waals surface area contributed by atoms with Gasteiger partial charge in [0.05, 0.1) is 10.0 Å². The first-order chi connectivity index (χ1) is 6.58. The Kier molecular flexibility index (Phi) is 2.29. The van der Waals surface area contributed by atoms with Crippen LogP contribution in [-0.4, -0.2) is 16.1 Å². The standard InChI is InChI=1S/C9H7Cl2NO2/c10-7-1-5-3-12(9(13)14)4-6(5)2-8(7)11/h1-2H,3-4H2,(H,13,14). The molecule has 0 aromatic heterocycles. The molecule has 3 nitrogen and oxygen atoms in total. The number of hydrogen-bond acceptors (Lipinski definition) is 1. The summed E-state index contributed by atoms with van der Waals surface area (Å²) in [5.41, 5.74) is 1.86. The van der Waals surface area contributed by atoms with Crippen molar-refractivity contribution < 1.29 is 9.90 Å². The van der Waals surface area contributed by atoms with E-state index in [4.69, 9.17) is 28.3 Å². The lowest BCUT2D eigenvalue weighted by molar-refractivity contribution is 0.145. The van der Waals surface area contributed by atoms with Gasteiger partial charge in [0, 0.05) is 13.1 Å². The van der Waals surface area contributed by atoms with E-state index in [1.807, 2.05) is 0 Å². The highest BCUT2D eigenvalue weighted by Gasteiger charge is 2.23. The number of nitrogens with zero attached hydrogens (tertiary/aromatic N) is 1. The lowest BCUT2D eigenvalue weighted by Crippen LogP contribution is -2.22. The van der Waals surface area contributed by atoms with Crippen molar-refractivity contribution in [3.8, 4) is 0 Å². The monoisotopic (exact) mass is 231 g/mol. The highest BCUT2D eigenvalue weighted by atomic mass is 35.5. The third-order valence-corrected chi connectivity index (χ3v) is 2.96. The predicted molar refractivity (Wildman–Crippen MR) is 53.7 cm³/mol. The third kappa shape index (κ3) is 1.53. The molecule has 0 aliphatic carbocycles. The van der Waals surface area contributed by atoms with Crippen molar-refractivity contribution in [1.29, 1.82) is 0 Å². The summed E-state index contributed by atoms with van der Waals surface area (Å²) in [6.45, 7) is 0.781. The molecule has 0 fully saturated rings. The smallest absolute Gasteiger partial charge is 0.407 e. The molecule has 1 amide bonds. The van der Waals surface area contributed by atoms with E-state index in [1.165, 1.54) is 4.90 Å². The van der Waals surface area contributed by atoms with Crippen molar-refractivity contribution >= 4 is 29.3 Å². The summed E-state index contributed by atoms with van der Waals surface area (Å²) in [7, 11) is 0. The van der Waals surface area contributed by atoms with E-state index in [9.17, 15) is 4.79 Å². The Balaban J connectivity index is 2.36. The lowest BCUT2D eigenvalue weighted by Gasteiger charge is -2.08. The molecule has 0 unspecified atom stereocenters. The van der Waals surface area contributed by atoms with Gasteiger partial charge >= 0.3 is 6.09 Å². The van der Waals surface area contributed by atoms with Crippen LogP contribution in [0.5, 0.6) is 0 Å². The summed E-state index contributed by atoms with van der Waals surface area (Å²) in [6.07, 6.45) is -0.923. The molecule has 1 heterocycles. The van der Waals surface area contributed by atoms with Crippen LogP contribution in [0.4, 0.5) is 4.79 Å². The molecule has 1 aliphatic rings. The quantitative estimate of drug-likeness (QED) is 0.746. The fraction of sp³-hybridized carbons (Fsp3) is 0.222. The molecule has 0 spiro atoms. The van der Waals surface area contributed by atoms with Gasteiger partial charge in [0.25, 0.3) is 0 Å². The average molecular weight is 232 g/mol. The van der Waals surface area contributed by atoms with Crippen LogP contribution in [0.25, 0.3) is 0 Å². The summed E-state index contributed by atoms with van der Waals surface area (Å²) in [4.78, 5) is 12.0. The first kappa shape index (κ1) is 9.62. The van der Waals surface area contributed by atoms with E-state index in [2.05, 4.69) is 0 Å². The van der Waals surface area contributed by atoms with Crippen molar-refractivity contribution in [2.75, 3.05) is 0 Å². The zero-order chi connectivity index (χ0) is 10.3. The Morgan fingerprint density at radius 2 is 1.64 bits per heavy atom. The molecule has 5 heteroatoms. The highest BCUT2D eigenvalue weighted by molar-refractivity contribution is 6.42. The van der Waals surface area contributed by atoms with Gasteiger partial charge in [-0.25, -0.2) is 4.79 Å². The second kappa shape index (κ2) is 3.33. The molecule has 0 bridgehead atoms. The number of halogens is 2. The van der Waals surface area contributed by atoms with Crippen LogP contribution in [0.3, 0.4) is 0 Å². The zero-order valence-corrected chi connectivity index (χ0v) is 8.64. The third-order valence-electron chi connectivity index (χ3n) is 2.24. The second-order valence-electron chi connectivity index (χ2n) is 3.17. The average Bonchev–Trinajstić information content (AvgIpc) is 2.48. The molecule has 1 aliphatic heterocycles. The van der Waals surface area contributed by atoms with Crippen LogP contribution in [0.2, 0.25) is 10.0 Å². The van der Waals surface area contributed by atoms with Gasteiger partial charge < -0.3 is 5.11 Å². The Labute approximate surface area is 90.8 Å². The molecule has 14 heavy (non-hydrogen) atoms. The van der Waals surface area contributed by atoms with E-state index in [1.54, 1.807) is 12.1 Å². The van der Waals surface area contributed by atoms with Gasteiger partial charge in [-0.1, -0.05) is 23.2 Å². The van der Waals surface area contributed by atoms with Crippen LogP contribution in [0.1, 0.15) is 11.1 Å². The van der Waals surface area contributed by atoms with Gasteiger partial charge in [-0.2, -0.15) is 0 Å². The van der Waals surface area contributed by atoms with E-state index in [0.717, 1.165) is 11.1 Å². The normalized spacial score (nSPS) is 14.3. The lowest BCUT2D eigenvalue weighted by atomic mass is 10.1. The Morgan fingerprint density at radius 1 is 1.21 bits per heavy atom. The van der Waals surface area contributed by atoms with Crippen molar-refractivity contribution in [3.63, 3.8) is 0 Å². The molecular weight excluding hydrogens is 225 g/mol. The minimum atomic E-state index is -0.923. The van der Waals surface area contributed by atoms with Crippen molar-refractivity contribution in [2.24, 2.45) is 0 Å². The molecular formula is C9H7Cl2NO2. The van der Waals surface area contributed by atoms with Crippen molar-refractivity contribution in [3.05, 3.63) is 33.3 Å². The number of benzene rings is 1. The second-order valence-corrected chi connectivity index (χ2v) is 3.99. The summed E-state index contributed by atoms with van der Waals surface area (Å²) in [6, 6.07) is 3.45. The summed E-state index contributed by atoms with van der Waals surface area (Å²) in [5.74, 6) is 0. The van der Waals surface area contributed by atoms with Crippen LogP contribution in [0.15, 0.2) is 12.1 Å². The Hall–Kier alpha value is -0.930. The van der Waals surface area contributed by atoms with Crippen LogP contribution >= 0.6 is 23.2 Å². The molecule has 0 atom stereocenters. The summed E-state index contributed by atoms with van der Waals surface area (Å²) in [5, 5.41) is 9.72. The molecule has 1 aromatic carbocycles. The number of hydrogen-bond donors (Lipinski definition) is 1. The number of carbonyl (C=O) groups is 1. The zero-order valence-electron chi connectivity index (χ0n) is 7.13. The Morgan fingerprint density at radius 3 is 2.00 bits per heavy atom. The molecule has 1 aromatic rings. The van der Waals surface area contributed by atoms with E-state index in [-0.39, 0.29) is 0 Å². The van der Waals surface area contributed by atoms with Gasteiger partial charge in [-0.3, -0.25) is 4.90 Å². The van der Waals surface area contributed by atoms with Crippen LogP contribution < -0.4 is 0 Å². The molecule has 0 radical (unpaired) electrons. The van der Waals surface area contributed by atoms with Gasteiger partial charge in [-0.15, -0.1) is 0 Å². The van der Waals surface area contributed by atoms with Crippen LogP contribution in [-0.2, 0) is 13.1 Å². The first-order valence-corrected chi connectivity index (χ1v) is 4.78. The largest absolute Gasteiger partial charge is 0.465 e. The van der Waals surface area contributed by atoms with Gasteiger partial charge in [0.2, 0.25) is 0 Å². The summed E-state index contributed by atoms with van der Waals surface area (Å²) >= 11 is 11.6. The Bertz CT molecular complexity index is 375. The minimum absolute atomic E-state index is 0.390. The number of rotatable bonds is 0. The van der Waals surface area contributed by atoms with Gasteiger partial charge in [-0.05, 0) is 23.3 Å². The molecule has 2 rings (SSSR count). The van der Waals surface area contributed by atoms with Crippen molar-refractivity contribution in [2.45, 2.75) is 13.1 Å². The number of amides is 1. The van der Waals surface area contributed by atoms with Gasteiger partial charge in [0.15, 0.2) is 0 Å². The SMILES string of the molecule is O=C(O)N1Cc2cc(Cl)c(Cl)cc2C1. The first-order valence-electron chi connectivity index (χ1n) is 4.02. The minimum Gasteiger partial charge on any atom is -0.465 e. The molecule has 74 valence electrons.